The summed E-state index contributed by atoms with van der Waals surface area (Å²) in [6.07, 6.45) is 3.46. The van der Waals surface area contributed by atoms with E-state index in [0.717, 1.165) is 22.6 Å². The Balaban J connectivity index is 1.36. The van der Waals surface area contributed by atoms with Crippen LogP contribution in [0, 0.1) is 13.8 Å². The summed E-state index contributed by atoms with van der Waals surface area (Å²) >= 11 is 1.37. The number of nitrogens with one attached hydrogen (secondary N) is 1. The van der Waals surface area contributed by atoms with Gasteiger partial charge in [-0.25, -0.2) is 0 Å². The standard InChI is InChI=1S/C26H25N5O3S/c1-16-4-6-21(12-17(16)2)31-24(20-8-10-27-11-9-20)29-30-26(31)35-18(3)25(32)28-14-19-5-7-22-23(13-19)34-15-33-22/h4-13,18H,14-15H2,1-3H3,(H,28,32)/t18-/m0/s1. The number of rotatable bonds is 7. The first kappa shape index (κ1) is 22.9. The van der Waals surface area contributed by atoms with Crippen molar-refractivity contribution in [3.63, 3.8) is 0 Å². The molecule has 1 aliphatic rings. The van der Waals surface area contributed by atoms with Gasteiger partial charge in [-0.05, 0) is 73.9 Å². The lowest BCUT2D eigenvalue weighted by Gasteiger charge is -2.15. The minimum Gasteiger partial charge on any atom is -0.454 e. The third-order valence-corrected chi connectivity index (χ3v) is 6.92. The van der Waals surface area contributed by atoms with Crippen molar-refractivity contribution in [2.45, 2.75) is 37.7 Å². The molecule has 2 aromatic heterocycles. The number of benzene rings is 2. The molecule has 35 heavy (non-hydrogen) atoms. The number of carbonyl (C=O) groups is 1. The lowest BCUT2D eigenvalue weighted by atomic mass is 10.1. The molecule has 8 nitrogen and oxygen atoms in total. The van der Waals surface area contributed by atoms with Gasteiger partial charge in [0.05, 0.1) is 10.9 Å². The number of aromatic nitrogens is 4. The zero-order chi connectivity index (χ0) is 24.4. The predicted octanol–water partition coefficient (Wildman–Crippen LogP) is 4.47. The maximum Gasteiger partial charge on any atom is 0.233 e. The van der Waals surface area contributed by atoms with Crippen molar-refractivity contribution in [2.24, 2.45) is 0 Å². The Labute approximate surface area is 207 Å². The summed E-state index contributed by atoms with van der Waals surface area (Å²) in [5, 5.41) is 12.2. The van der Waals surface area contributed by atoms with E-state index < -0.39 is 0 Å². The Morgan fingerprint density at radius 3 is 2.63 bits per heavy atom. The van der Waals surface area contributed by atoms with Gasteiger partial charge in [0.15, 0.2) is 22.5 Å². The molecular formula is C26H25N5O3S. The third kappa shape index (κ3) is 4.85. The number of pyridine rings is 1. The summed E-state index contributed by atoms with van der Waals surface area (Å²) in [5.41, 5.74) is 5.16. The molecule has 0 saturated heterocycles. The fraction of sp³-hybridized carbons (Fsp3) is 0.231. The number of amides is 1. The molecule has 0 saturated carbocycles. The molecule has 0 spiro atoms. The topological polar surface area (TPSA) is 91.2 Å². The average molecular weight is 488 g/mol. The first-order valence-corrected chi connectivity index (χ1v) is 12.1. The van der Waals surface area contributed by atoms with Gasteiger partial charge < -0.3 is 14.8 Å². The van der Waals surface area contributed by atoms with Crippen molar-refractivity contribution in [1.82, 2.24) is 25.1 Å². The number of thioether (sulfide) groups is 1. The average Bonchev–Trinajstić information content (AvgIpc) is 3.51. The lowest BCUT2D eigenvalue weighted by Crippen LogP contribution is -2.30. The first-order chi connectivity index (χ1) is 17.0. The molecule has 3 heterocycles. The SMILES string of the molecule is Cc1ccc(-n2c(S[C@@H](C)C(=O)NCc3ccc4c(c3)OCO4)nnc2-c2ccncc2)cc1C. The zero-order valence-electron chi connectivity index (χ0n) is 19.7. The van der Waals surface area contributed by atoms with E-state index in [1.165, 1.54) is 22.9 Å². The normalized spacial score (nSPS) is 13.0. The van der Waals surface area contributed by atoms with Crippen molar-refractivity contribution >= 4 is 17.7 Å². The van der Waals surface area contributed by atoms with Gasteiger partial charge >= 0.3 is 0 Å². The predicted molar refractivity (Wildman–Crippen MR) is 134 cm³/mol. The summed E-state index contributed by atoms with van der Waals surface area (Å²) in [4.78, 5) is 17.0. The van der Waals surface area contributed by atoms with Gasteiger partial charge in [-0.1, -0.05) is 23.9 Å². The molecule has 0 fully saturated rings. The highest BCUT2D eigenvalue weighted by Crippen LogP contribution is 2.33. The summed E-state index contributed by atoms with van der Waals surface area (Å²) in [7, 11) is 0. The second-order valence-corrected chi connectivity index (χ2v) is 9.62. The van der Waals surface area contributed by atoms with Crippen LogP contribution in [0.3, 0.4) is 0 Å². The van der Waals surface area contributed by atoms with Crippen LogP contribution in [0.2, 0.25) is 0 Å². The van der Waals surface area contributed by atoms with Crippen LogP contribution in [0.4, 0.5) is 0 Å². The molecule has 2 aromatic carbocycles. The summed E-state index contributed by atoms with van der Waals surface area (Å²) in [6.45, 7) is 6.64. The van der Waals surface area contributed by atoms with Crippen LogP contribution in [-0.2, 0) is 11.3 Å². The maximum atomic E-state index is 12.9. The van der Waals surface area contributed by atoms with Gasteiger partial charge in [-0.3, -0.25) is 14.3 Å². The fourth-order valence-corrected chi connectivity index (χ4v) is 4.62. The van der Waals surface area contributed by atoms with Crippen molar-refractivity contribution in [2.75, 3.05) is 6.79 Å². The van der Waals surface area contributed by atoms with Gasteiger partial charge in [0.25, 0.3) is 0 Å². The quantitative estimate of drug-likeness (QED) is 0.385. The largest absolute Gasteiger partial charge is 0.454 e. The van der Waals surface area contributed by atoms with E-state index in [-0.39, 0.29) is 18.0 Å². The molecule has 1 atom stereocenters. The number of hydrogen-bond acceptors (Lipinski definition) is 7. The van der Waals surface area contributed by atoms with E-state index in [1.54, 1.807) is 12.4 Å². The van der Waals surface area contributed by atoms with E-state index in [4.69, 9.17) is 9.47 Å². The molecule has 1 amide bonds. The number of aryl methyl sites for hydroxylation is 2. The highest BCUT2D eigenvalue weighted by atomic mass is 32.2. The molecule has 0 aliphatic carbocycles. The second-order valence-electron chi connectivity index (χ2n) is 8.31. The van der Waals surface area contributed by atoms with Crippen LogP contribution in [-0.4, -0.2) is 37.7 Å². The van der Waals surface area contributed by atoms with Crippen molar-refractivity contribution in [3.05, 3.63) is 77.6 Å². The monoisotopic (exact) mass is 487 g/mol. The number of carbonyl (C=O) groups excluding carboxylic acids is 1. The molecule has 0 radical (unpaired) electrons. The van der Waals surface area contributed by atoms with Gasteiger partial charge in [0, 0.05) is 24.5 Å². The molecule has 0 unspecified atom stereocenters. The zero-order valence-corrected chi connectivity index (χ0v) is 20.5. The minimum atomic E-state index is -0.385. The number of ether oxygens (including phenoxy) is 2. The highest BCUT2D eigenvalue weighted by molar-refractivity contribution is 8.00. The maximum absolute atomic E-state index is 12.9. The third-order valence-electron chi connectivity index (χ3n) is 5.88. The van der Waals surface area contributed by atoms with Crippen molar-refractivity contribution < 1.29 is 14.3 Å². The van der Waals surface area contributed by atoms with Gasteiger partial charge in [0.1, 0.15) is 0 Å². The van der Waals surface area contributed by atoms with E-state index in [1.807, 2.05) is 47.9 Å². The molecule has 9 heteroatoms. The molecule has 1 aliphatic heterocycles. The first-order valence-electron chi connectivity index (χ1n) is 11.3. The van der Waals surface area contributed by atoms with Gasteiger partial charge in [-0.2, -0.15) is 0 Å². The van der Waals surface area contributed by atoms with Crippen LogP contribution in [0.15, 0.2) is 66.1 Å². The molecule has 178 valence electrons. The van der Waals surface area contributed by atoms with Gasteiger partial charge in [-0.15, -0.1) is 10.2 Å². The van der Waals surface area contributed by atoms with Crippen LogP contribution in [0.25, 0.3) is 17.1 Å². The molecule has 5 rings (SSSR count). The second kappa shape index (κ2) is 9.79. The van der Waals surface area contributed by atoms with Crippen LogP contribution in [0.5, 0.6) is 11.5 Å². The fourth-order valence-electron chi connectivity index (χ4n) is 3.73. The Hall–Kier alpha value is -3.85. The van der Waals surface area contributed by atoms with Crippen molar-refractivity contribution in [1.29, 1.82) is 0 Å². The summed E-state index contributed by atoms with van der Waals surface area (Å²) in [5.74, 6) is 2.03. The molecule has 4 aromatic rings. The number of fused-ring (bicyclic) bond motifs is 1. The number of nitrogens with zero attached hydrogens (tertiary/aromatic N) is 4. The van der Waals surface area contributed by atoms with Crippen LogP contribution >= 0.6 is 11.8 Å². The molecular weight excluding hydrogens is 462 g/mol. The number of hydrogen-bond donors (Lipinski definition) is 1. The smallest absolute Gasteiger partial charge is 0.233 e. The molecule has 0 bridgehead atoms. The Morgan fingerprint density at radius 2 is 1.83 bits per heavy atom. The Kier molecular flexibility index (Phi) is 6.41. The summed E-state index contributed by atoms with van der Waals surface area (Å²) in [6, 6.07) is 15.7. The van der Waals surface area contributed by atoms with E-state index in [9.17, 15) is 4.79 Å². The van der Waals surface area contributed by atoms with Crippen LogP contribution < -0.4 is 14.8 Å². The van der Waals surface area contributed by atoms with E-state index in [2.05, 4.69) is 46.5 Å². The van der Waals surface area contributed by atoms with Gasteiger partial charge in [0.2, 0.25) is 12.7 Å². The van der Waals surface area contributed by atoms with E-state index >= 15 is 0 Å². The minimum absolute atomic E-state index is 0.0900. The lowest BCUT2D eigenvalue weighted by molar-refractivity contribution is -0.120. The Morgan fingerprint density at radius 1 is 1.03 bits per heavy atom. The highest BCUT2D eigenvalue weighted by Gasteiger charge is 2.22. The van der Waals surface area contributed by atoms with Crippen molar-refractivity contribution in [3.8, 4) is 28.6 Å². The molecule has 1 N–H and O–H groups in total. The Bertz CT molecular complexity index is 1370. The van der Waals surface area contributed by atoms with E-state index in [0.29, 0.717) is 23.3 Å². The summed E-state index contributed by atoms with van der Waals surface area (Å²) < 4.78 is 12.8. The van der Waals surface area contributed by atoms with Crippen LogP contribution in [0.1, 0.15) is 23.6 Å².